The summed E-state index contributed by atoms with van der Waals surface area (Å²) >= 11 is 5.29. The molecule has 4 aromatic rings. The summed E-state index contributed by atoms with van der Waals surface area (Å²) in [6, 6.07) is 29.8. The molecule has 0 unspecified atom stereocenters. The number of methoxy groups -OCH3 is 1. The van der Waals surface area contributed by atoms with Crippen LogP contribution in [0.1, 0.15) is 5.56 Å². The quantitative estimate of drug-likeness (QED) is 0.410. The van der Waals surface area contributed by atoms with Gasteiger partial charge in [-0.25, -0.2) is 0 Å². The van der Waals surface area contributed by atoms with E-state index in [0.29, 0.717) is 0 Å². The maximum absolute atomic E-state index is 12.2. The number of carbonyl (C=O) groups is 1. The van der Waals surface area contributed by atoms with Crippen molar-refractivity contribution >= 4 is 39.7 Å². The van der Waals surface area contributed by atoms with Crippen LogP contribution in [0.25, 0.3) is 21.9 Å². The molecule has 4 aromatic carbocycles. The second kappa shape index (κ2) is 9.41. The fraction of sp³-hybridized carbons (Fsp3) is 0.0769. The summed E-state index contributed by atoms with van der Waals surface area (Å²) in [5.41, 5.74) is 3.97. The van der Waals surface area contributed by atoms with Crippen LogP contribution in [0, 0.1) is 0 Å². The molecule has 0 fully saturated rings. The fourth-order valence-electron chi connectivity index (χ4n) is 3.55. The average Bonchev–Trinajstić information content (AvgIpc) is 2.79. The first-order valence-corrected chi connectivity index (χ1v) is 10.4. The number of ether oxygens (including phenoxy) is 1. The third-order valence-corrected chi connectivity index (χ3v) is 5.22. The number of hydrogen-bond acceptors (Lipinski definition) is 3. The van der Waals surface area contributed by atoms with Crippen LogP contribution in [-0.2, 0) is 11.2 Å². The van der Waals surface area contributed by atoms with Crippen LogP contribution in [0.4, 0.5) is 5.69 Å². The van der Waals surface area contributed by atoms with E-state index < -0.39 is 0 Å². The van der Waals surface area contributed by atoms with Crippen molar-refractivity contribution in [1.29, 1.82) is 0 Å². The van der Waals surface area contributed by atoms with Gasteiger partial charge in [-0.05, 0) is 52.5 Å². The zero-order valence-corrected chi connectivity index (χ0v) is 17.9. The zero-order chi connectivity index (χ0) is 21.6. The minimum Gasteiger partial charge on any atom is -0.496 e. The van der Waals surface area contributed by atoms with Crippen LogP contribution < -0.4 is 15.4 Å². The van der Waals surface area contributed by atoms with Crippen LogP contribution in [0.2, 0.25) is 0 Å². The van der Waals surface area contributed by atoms with Crippen LogP contribution in [0.3, 0.4) is 0 Å². The molecule has 1 amide bonds. The molecule has 0 aliphatic carbocycles. The molecule has 0 radical (unpaired) electrons. The summed E-state index contributed by atoms with van der Waals surface area (Å²) < 4.78 is 5.49. The lowest BCUT2D eigenvalue weighted by Crippen LogP contribution is -2.35. The summed E-state index contributed by atoms with van der Waals surface area (Å²) in [6.45, 7) is 0. The first kappa shape index (κ1) is 20.6. The summed E-state index contributed by atoms with van der Waals surface area (Å²) in [6.07, 6.45) is 0.284. The Labute approximate surface area is 186 Å². The van der Waals surface area contributed by atoms with E-state index in [4.69, 9.17) is 17.0 Å². The Kier molecular flexibility index (Phi) is 6.24. The predicted octanol–water partition coefficient (Wildman–Crippen LogP) is 5.57. The largest absolute Gasteiger partial charge is 0.496 e. The number of nitrogens with one attached hydrogen (secondary N) is 2. The Balaban J connectivity index is 1.45. The predicted molar refractivity (Wildman–Crippen MR) is 130 cm³/mol. The van der Waals surface area contributed by atoms with Gasteiger partial charge in [-0.15, -0.1) is 0 Å². The summed E-state index contributed by atoms with van der Waals surface area (Å²) in [5, 5.41) is 8.29. The van der Waals surface area contributed by atoms with E-state index in [1.807, 2.05) is 72.8 Å². The highest BCUT2D eigenvalue weighted by atomic mass is 32.1. The summed E-state index contributed by atoms with van der Waals surface area (Å²) in [7, 11) is 1.68. The Hall–Kier alpha value is -3.70. The Morgan fingerprint density at radius 3 is 2.23 bits per heavy atom. The third kappa shape index (κ3) is 4.90. The van der Waals surface area contributed by atoms with Crippen molar-refractivity contribution in [3.63, 3.8) is 0 Å². The molecule has 0 atom stereocenters. The molecule has 0 spiro atoms. The van der Waals surface area contributed by atoms with Crippen molar-refractivity contribution in [2.24, 2.45) is 0 Å². The second-order valence-corrected chi connectivity index (χ2v) is 7.51. The third-order valence-electron chi connectivity index (χ3n) is 5.02. The number of hydrogen-bond donors (Lipinski definition) is 2. The van der Waals surface area contributed by atoms with Crippen molar-refractivity contribution in [3.8, 4) is 16.9 Å². The number of amides is 1. The molecular weight excluding hydrogens is 404 g/mol. The van der Waals surface area contributed by atoms with Crippen molar-refractivity contribution in [1.82, 2.24) is 5.32 Å². The SMILES string of the molecule is COc1ccc(-c2ccc(NC(=S)NC(=O)Cc3ccccc3)cc2)c2ccccc12. The van der Waals surface area contributed by atoms with Gasteiger partial charge in [0.25, 0.3) is 0 Å². The molecular formula is C26H22N2O2S. The molecule has 4 nitrogen and oxygen atoms in total. The summed E-state index contributed by atoms with van der Waals surface area (Å²) in [4.78, 5) is 12.2. The molecule has 0 bridgehead atoms. The molecule has 0 aliphatic rings. The number of thiocarbonyl (C=S) groups is 1. The van der Waals surface area contributed by atoms with E-state index in [1.165, 1.54) is 0 Å². The van der Waals surface area contributed by atoms with Gasteiger partial charge in [0.15, 0.2) is 5.11 Å². The molecule has 0 heterocycles. The van der Waals surface area contributed by atoms with Crippen molar-refractivity contribution in [3.05, 3.63) is 96.6 Å². The van der Waals surface area contributed by atoms with Crippen molar-refractivity contribution in [2.75, 3.05) is 12.4 Å². The number of fused-ring (bicyclic) bond motifs is 1. The lowest BCUT2D eigenvalue weighted by Gasteiger charge is -2.12. The lowest BCUT2D eigenvalue weighted by atomic mass is 9.97. The van der Waals surface area contributed by atoms with Crippen molar-refractivity contribution in [2.45, 2.75) is 6.42 Å². The van der Waals surface area contributed by atoms with Gasteiger partial charge in [0.05, 0.1) is 13.5 Å². The first-order valence-electron chi connectivity index (χ1n) is 9.95. The van der Waals surface area contributed by atoms with Gasteiger partial charge in [-0.2, -0.15) is 0 Å². The molecule has 2 N–H and O–H groups in total. The van der Waals surface area contributed by atoms with E-state index in [9.17, 15) is 4.79 Å². The van der Waals surface area contributed by atoms with E-state index >= 15 is 0 Å². The molecule has 5 heteroatoms. The van der Waals surface area contributed by atoms with Crippen LogP contribution in [0.15, 0.2) is 91.0 Å². The zero-order valence-electron chi connectivity index (χ0n) is 17.1. The molecule has 0 aromatic heterocycles. The van der Waals surface area contributed by atoms with Gasteiger partial charge in [-0.1, -0.05) is 72.8 Å². The van der Waals surface area contributed by atoms with Crippen molar-refractivity contribution < 1.29 is 9.53 Å². The Morgan fingerprint density at radius 2 is 1.52 bits per heavy atom. The molecule has 0 saturated heterocycles. The average molecular weight is 427 g/mol. The van der Waals surface area contributed by atoms with Gasteiger partial charge >= 0.3 is 0 Å². The topological polar surface area (TPSA) is 50.4 Å². The normalized spacial score (nSPS) is 10.5. The molecule has 0 aliphatic heterocycles. The molecule has 31 heavy (non-hydrogen) atoms. The van der Waals surface area contributed by atoms with Crippen LogP contribution in [-0.4, -0.2) is 18.1 Å². The molecule has 154 valence electrons. The van der Waals surface area contributed by atoms with E-state index in [-0.39, 0.29) is 17.4 Å². The minimum absolute atomic E-state index is 0.148. The van der Waals surface area contributed by atoms with E-state index in [2.05, 4.69) is 28.8 Å². The van der Waals surface area contributed by atoms with E-state index in [0.717, 1.165) is 38.9 Å². The Morgan fingerprint density at radius 1 is 0.839 bits per heavy atom. The fourth-order valence-corrected chi connectivity index (χ4v) is 3.78. The highest BCUT2D eigenvalue weighted by Gasteiger charge is 2.09. The maximum Gasteiger partial charge on any atom is 0.230 e. The highest BCUT2D eigenvalue weighted by Crippen LogP contribution is 2.34. The molecule has 4 rings (SSSR count). The van der Waals surface area contributed by atoms with Gasteiger partial charge in [0.1, 0.15) is 5.75 Å². The highest BCUT2D eigenvalue weighted by molar-refractivity contribution is 7.80. The smallest absolute Gasteiger partial charge is 0.230 e. The summed E-state index contributed by atoms with van der Waals surface area (Å²) in [5.74, 6) is 0.708. The van der Waals surface area contributed by atoms with Gasteiger partial charge < -0.3 is 15.4 Å². The van der Waals surface area contributed by atoms with E-state index in [1.54, 1.807) is 7.11 Å². The number of benzene rings is 4. The van der Waals surface area contributed by atoms with Gasteiger partial charge in [-0.3, -0.25) is 4.79 Å². The minimum atomic E-state index is -0.148. The maximum atomic E-state index is 12.2. The number of anilines is 1. The number of rotatable bonds is 5. The Bertz CT molecular complexity index is 1220. The van der Waals surface area contributed by atoms with Crippen LogP contribution >= 0.6 is 12.2 Å². The first-order chi connectivity index (χ1) is 15.1. The second-order valence-electron chi connectivity index (χ2n) is 7.10. The lowest BCUT2D eigenvalue weighted by molar-refractivity contribution is -0.119. The molecule has 0 saturated carbocycles. The standard InChI is InChI=1S/C26H22N2O2S/c1-30-24-16-15-21(22-9-5-6-10-23(22)24)19-11-13-20(14-12-19)27-26(31)28-25(29)17-18-7-3-2-4-8-18/h2-16H,17H2,1H3,(H2,27,28,29,31). The monoisotopic (exact) mass is 426 g/mol. The van der Waals surface area contributed by atoms with Gasteiger partial charge in [0, 0.05) is 11.1 Å². The number of carbonyl (C=O) groups excluding carboxylic acids is 1. The van der Waals surface area contributed by atoms with Gasteiger partial charge in [0.2, 0.25) is 5.91 Å². The van der Waals surface area contributed by atoms with Crippen LogP contribution in [0.5, 0.6) is 5.75 Å².